The van der Waals surface area contributed by atoms with Gasteiger partial charge in [-0.05, 0) is 43.0 Å². The summed E-state index contributed by atoms with van der Waals surface area (Å²) in [5.41, 5.74) is 0.135. The Kier molecular flexibility index (Phi) is 9.34. The number of carbonyl (C=O) groups is 1. The van der Waals surface area contributed by atoms with Crippen LogP contribution in [0.3, 0.4) is 0 Å². The Morgan fingerprint density at radius 3 is 2.32 bits per heavy atom. The van der Waals surface area contributed by atoms with Crippen molar-refractivity contribution in [1.82, 2.24) is 14.8 Å². The molecule has 0 spiro atoms. The molecule has 12 nitrogen and oxygen atoms in total. The number of hydrogen-bond acceptors (Lipinski definition) is 8. The number of ether oxygens (including phenoxy) is 1. The van der Waals surface area contributed by atoms with Crippen molar-refractivity contribution in [3.05, 3.63) is 57.1 Å². The van der Waals surface area contributed by atoms with Crippen LogP contribution in [-0.2, 0) is 26.5 Å². The number of sulfonamides is 2. The maximum absolute atomic E-state index is 12.7. The van der Waals surface area contributed by atoms with Crippen LogP contribution in [0.2, 0.25) is 5.02 Å². The van der Waals surface area contributed by atoms with Gasteiger partial charge in [0.1, 0.15) is 15.7 Å². The molecule has 1 aliphatic carbocycles. The van der Waals surface area contributed by atoms with Crippen molar-refractivity contribution < 1.29 is 31.3 Å². The quantitative estimate of drug-likeness (QED) is 0.286. The second-order valence-electron chi connectivity index (χ2n) is 8.42. The number of methoxy groups -OCH3 is 1. The Morgan fingerprint density at radius 2 is 1.73 bits per heavy atom. The van der Waals surface area contributed by atoms with Gasteiger partial charge < -0.3 is 10.1 Å². The largest absolute Gasteiger partial charge is 0.495 e. The lowest BCUT2D eigenvalue weighted by atomic mass is 9.96. The van der Waals surface area contributed by atoms with Crippen LogP contribution in [0.15, 0.2) is 46.2 Å². The van der Waals surface area contributed by atoms with Crippen molar-refractivity contribution in [1.29, 1.82) is 0 Å². The van der Waals surface area contributed by atoms with E-state index >= 15 is 0 Å². The van der Waals surface area contributed by atoms with Gasteiger partial charge in [0.2, 0.25) is 10.0 Å². The Labute approximate surface area is 220 Å². The molecule has 1 fully saturated rings. The number of nitro groups is 1. The van der Waals surface area contributed by atoms with Gasteiger partial charge in [-0.1, -0.05) is 43.0 Å². The highest BCUT2D eigenvalue weighted by Gasteiger charge is 2.25. The highest BCUT2D eigenvalue weighted by Crippen LogP contribution is 2.34. The molecule has 15 heteroatoms. The van der Waals surface area contributed by atoms with E-state index in [1.165, 1.54) is 31.4 Å². The van der Waals surface area contributed by atoms with E-state index in [0.29, 0.717) is 5.56 Å². The monoisotopic (exact) mass is 574 g/mol. The lowest BCUT2D eigenvalue weighted by Crippen LogP contribution is -2.45. The number of nitro benzene ring substituents is 1. The van der Waals surface area contributed by atoms with Crippen molar-refractivity contribution in [3.8, 4) is 5.75 Å². The van der Waals surface area contributed by atoms with E-state index < -0.39 is 36.7 Å². The van der Waals surface area contributed by atoms with E-state index in [0.717, 1.165) is 44.2 Å². The third-order valence-corrected chi connectivity index (χ3v) is 8.96. The van der Waals surface area contributed by atoms with Gasteiger partial charge in [-0.15, -0.1) is 0 Å². The van der Waals surface area contributed by atoms with Crippen LogP contribution in [0.25, 0.3) is 0 Å². The SMILES string of the molecule is COc1cc([N+](=O)[O-])c(Cl)cc1S(=O)(=O)NCCc1ccc(S(=O)(=O)NC(=O)NC2CCCCC2)cc1. The van der Waals surface area contributed by atoms with E-state index in [4.69, 9.17) is 16.3 Å². The van der Waals surface area contributed by atoms with Crippen LogP contribution in [0.5, 0.6) is 5.75 Å². The first kappa shape index (κ1) is 28.6. The minimum absolute atomic E-state index is 0.0443. The van der Waals surface area contributed by atoms with Gasteiger partial charge in [-0.3, -0.25) is 10.1 Å². The summed E-state index contributed by atoms with van der Waals surface area (Å²) in [5, 5.41) is 13.4. The van der Waals surface area contributed by atoms with Gasteiger partial charge in [-0.25, -0.2) is 31.1 Å². The number of amides is 2. The molecular formula is C22H27ClN4O8S2. The van der Waals surface area contributed by atoms with Crippen molar-refractivity contribution in [2.75, 3.05) is 13.7 Å². The maximum atomic E-state index is 12.7. The molecule has 2 aromatic rings. The van der Waals surface area contributed by atoms with Crippen LogP contribution in [-0.4, -0.2) is 47.5 Å². The zero-order valence-electron chi connectivity index (χ0n) is 19.9. The summed E-state index contributed by atoms with van der Waals surface area (Å²) < 4.78 is 59.9. The van der Waals surface area contributed by atoms with Gasteiger partial charge in [-0.2, -0.15) is 0 Å². The fourth-order valence-corrected chi connectivity index (χ4v) is 6.34. The minimum atomic E-state index is -4.13. The molecule has 0 unspecified atom stereocenters. The number of nitrogens with one attached hydrogen (secondary N) is 3. The normalized spacial score (nSPS) is 14.6. The summed E-state index contributed by atoms with van der Waals surface area (Å²) in [6.07, 6.45) is 4.92. The summed E-state index contributed by atoms with van der Waals surface area (Å²) in [7, 11) is -7.03. The minimum Gasteiger partial charge on any atom is -0.495 e. The summed E-state index contributed by atoms with van der Waals surface area (Å²) in [6.45, 7) is -0.0613. The summed E-state index contributed by atoms with van der Waals surface area (Å²) in [5.74, 6) is -0.238. The number of rotatable bonds is 10. The highest BCUT2D eigenvalue weighted by molar-refractivity contribution is 7.90. The predicted molar refractivity (Wildman–Crippen MR) is 136 cm³/mol. The number of hydrogen-bond donors (Lipinski definition) is 3. The highest BCUT2D eigenvalue weighted by atomic mass is 35.5. The van der Waals surface area contributed by atoms with Crippen molar-refractivity contribution in [2.24, 2.45) is 0 Å². The van der Waals surface area contributed by atoms with E-state index in [1.807, 2.05) is 4.72 Å². The molecule has 0 heterocycles. The molecule has 3 rings (SSSR count). The van der Waals surface area contributed by atoms with Crippen LogP contribution in [0.4, 0.5) is 10.5 Å². The Hall–Kier alpha value is -2.94. The van der Waals surface area contributed by atoms with Crippen molar-refractivity contribution in [2.45, 2.75) is 54.4 Å². The number of halogens is 1. The first-order chi connectivity index (χ1) is 17.4. The van der Waals surface area contributed by atoms with Crippen molar-refractivity contribution in [3.63, 3.8) is 0 Å². The number of benzene rings is 2. The van der Waals surface area contributed by atoms with Crippen molar-refractivity contribution >= 4 is 43.4 Å². The van der Waals surface area contributed by atoms with Crippen LogP contribution in [0, 0.1) is 10.1 Å². The van der Waals surface area contributed by atoms with E-state index in [9.17, 15) is 31.7 Å². The molecule has 0 bridgehead atoms. The lowest BCUT2D eigenvalue weighted by Gasteiger charge is -2.22. The second-order valence-corrected chi connectivity index (χ2v) is 12.2. The molecule has 0 saturated heterocycles. The zero-order valence-corrected chi connectivity index (χ0v) is 22.3. The molecule has 1 aliphatic rings. The van der Waals surface area contributed by atoms with E-state index in [-0.39, 0.29) is 39.6 Å². The molecule has 0 atom stereocenters. The number of carbonyl (C=O) groups excluding carboxylic acids is 1. The standard InChI is InChI=1S/C22H27ClN4O8S2/c1-35-20-14-19(27(29)30)18(23)13-21(20)37(33,34)24-12-11-15-7-9-17(10-8-15)36(31,32)26-22(28)25-16-5-3-2-4-6-16/h7-10,13-14,16,24H,2-6,11-12H2,1H3,(H2,25,26,28). The molecule has 37 heavy (non-hydrogen) atoms. The predicted octanol–water partition coefficient (Wildman–Crippen LogP) is 3.10. The Balaban J connectivity index is 1.60. The van der Waals surface area contributed by atoms with Gasteiger partial charge >= 0.3 is 6.03 Å². The van der Waals surface area contributed by atoms with Gasteiger partial charge in [0, 0.05) is 12.6 Å². The Morgan fingerprint density at radius 1 is 1.08 bits per heavy atom. The number of nitrogens with zero attached hydrogens (tertiary/aromatic N) is 1. The van der Waals surface area contributed by atoms with Gasteiger partial charge in [0.05, 0.1) is 23.0 Å². The second kappa shape index (κ2) is 12.1. The van der Waals surface area contributed by atoms with Crippen LogP contribution < -0.4 is 19.5 Å². The zero-order chi connectivity index (χ0) is 27.2. The average Bonchev–Trinajstić information content (AvgIpc) is 2.84. The fourth-order valence-electron chi connectivity index (χ4n) is 3.92. The van der Waals surface area contributed by atoms with Gasteiger partial charge in [0.15, 0.2) is 0 Å². The summed E-state index contributed by atoms with van der Waals surface area (Å²) in [4.78, 5) is 21.9. The van der Waals surface area contributed by atoms with Crippen LogP contribution in [0.1, 0.15) is 37.7 Å². The smallest absolute Gasteiger partial charge is 0.328 e. The molecule has 2 aromatic carbocycles. The first-order valence-corrected chi connectivity index (χ1v) is 14.7. The summed E-state index contributed by atoms with van der Waals surface area (Å²) in [6, 6.07) is 6.70. The molecule has 0 radical (unpaired) electrons. The topological polar surface area (TPSA) is 174 Å². The molecule has 3 N–H and O–H groups in total. The molecule has 202 valence electrons. The van der Waals surface area contributed by atoms with Crippen LogP contribution >= 0.6 is 11.6 Å². The molecule has 2 amide bonds. The third kappa shape index (κ3) is 7.53. The molecule has 0 aliphatic heterocycles. The third-order valence-electron chi connectivity index (χ3n) is 5.83. The van der Waals surface area contributed by atoms with E-state index in [2.05, 4.69) is 10.0 Å². The summed E-state index contributed by atoms with van der Waals surface area (Å²) >= 11 is 5.85. The van der Waals surface area contributed by atoms with E-state index in [1.54, 1.807) is 0 Å². The van der Waals surface area contributed by atoms with Gasteiger partial charge in [0.25, 0.3) is 15.7 Å². The molecule has 1 saturated carbocycles. The Bertz CT molecular complexity index is 1360. The first-order valence-electron chi connectivity index (χ1n) is 11.4. The molecule has 0 aromatic heterocycles. The number of urea groups is 1. The fraction of sp³-hybridized carbons (Fsp3) is 0.409. The molecular weight excluding hydrogens is 548 g/mol. The maximum Gasteiger partial charge on any atom is 0.328 e. The average molecular weight is 575 g/mol. The lowest BCUT2D eigenvalue weighted by molar-refractivity contribution is -0.384.